The second-order valence-electron chi connectivity index (χ2n) is 5.52. The predicted octanol–water partition coefficient (Wildman–Crippen LogP) is 3.86. The van der Waals surface area contributed by atoms with E-state index in [4.69, 9.17) is 26.4 Å². The maximum Gasteiger partial charge on any atom is 0.338 e. The van der Waals surface area contributed by atoms with Crippen LogP contribution in [0, 0.1) is 0 Å². The average Bonchev–Trinajstić information content (AvgIpc) is 2.68. The third-order valence-electron chi connectivity index (χ3n) is 3.57. The zero-order chi connectivity index (χ0) is 20.5. The summed E-state index contributed by atoms with van der Waals surface area (Å²) < 4.78 is 15.3. The Morgan fingerprint density at radius 3 is 2.04 bits per heavy atom. The van der Waals surface area contributed by atoms with Crippen molar-refractivity contribution in [2.75, 3.05) is 31.0 Å². The minimum Gasteiger partial charge on any atom is -0.495 e. The van der Waals surface area contributed by atoms with Crippen LogP contribution >= 0.6 is 12.2 Å². The first-order valence-electron chi connectivity index (χ1n) is 8.68. The van der Waals surface area contributed by atoms with Crippen molar-refractivity contribution < 1.29 is 23.8 Å². The fourth-order valence-corrected chi connectivity index (χ4v) is 2.62. The molecule has 0 aromatic heterocycles. The van der Waals surface area contributed by atoms with E-state index in [2.05, 4.69) is 10.6 Å². The van der Waals surface area contributed by atoms with E-state index in [1.807, 2.05) is 18.2 Å². The number of thiocarbonyl (C=S) groups is 1. The Kier molecular flexibility index (Phi) is 7.76. The molecule has 148 valence electrons. The quantitative estimate of drug-likeness (QED) is 0.533. The highest BCUT2D eigenvalue weighted by atomic mass is 32.1. The molecule has 2 rings (SSSR count). The SMILES string of the molecule is CCOC(=O)c1cc(NC(=S)Nc2ccccc2OC)cc(C(=O)OCC)c1. The number of carbonyl (C=O) groups excluding carboxylic acids is 2. The molecule has 0 spiro atoms. The summed E-state index contributed by atoms with van der Waals surface area (Å²) in [5.74, 6) is -0.459. The molecule has 0 aliphatic carbocycles. The van der Waals surface area contributed by atoms with Gasteiger partial charge in [-0.05, 0) is 56.4 Å². The van der Waals surface area contributed by atoms with Crippen LogP contribution in [-0.4, -0.2) is 37.4 Å². The Morgan fingerprint density at radius 2 is 1.50 bits per heavy atom. The Labute approximate surface area is 169 Å². The highest BCUT2D eigenvalue weighted by molar-refractivity contribution is 7.80. The molecule has 0 fully saturated rings. The van der Waals surface area contributed by atoms with Crippen LogP contribution in [0.3, 0.4) is 0 Å². The molecule has 7 nitrogen and oxygen atoms in total. The number of ether oxygens (including phenoxy) is 3. The molecular formula is C20H22N2O5S. The lowest BCUT2D eigenvalue weighted by Gasteiger charge is -2.14. The predicted molar refractivity (Wildman–Crippen MR) is 111 cm³/mol. The van der Waals surface area contributed by atoms with Gasteiger partial charge in [-0.15, -0.1) is 0 Å². The van der Waals surface area contributed by atoms with Crippen molar-refractivity contribution in [2.45, 2.75) is 13.8 Å². The summed E-state index contributed by atoms with van der Waals surface area (Å²) in [6.07, 6.45) is 0. The Hall–Kier alpha value is -3.13. The van der Waals surface area contributed by atoms with Gasteiger partial charge in [-0.2, -0.15) is 0 Å². The number of nitrogens with one attached hydrogen (secondary N) is 2. The maximum absolute atomic E-state index is 12.1. The van der Waals surface area contributed by atoms with Crippen molar-refractivity contribution in [1.29, 1.82) is 0 Å². The molecule has 2 aromatic carbocycles. The van der Waals surface area contributed by atoms with Crippen molar-refractivity contribution in [3.63, 3.8) is 0 Å². The van der Waals surface area contributed by atoms with E-state index in [9.17, 15) is 9.59 Å². The monoisotopic (exact) mass is 402 g/mol. The molecule has 0 aliphatic heterocycles. The van der Waals surface area contributed by atoms with E-state index >= 15 is 0 Å². The number of benzene rings is 2. The van der Waals surface area contributed by atoms with Gasteiger partial charge < -0.3 is 24.8 Å². The van der Waals surface area contributed by atoms with E-state index in [1.165, 1.54) is 6.07 Å². The Balaban J connectivity index is 2.26. The zero-order valence-corrected chi connectivity index (χ0v) is 16.7. The van der Waals surface area contributed by atoms with Crippen molar-refractivity contribution in [2.24, 2.45) is 0 Å². The number of rotatable bonds is 7. The van der Waals surface area contributed by atoms with Crippen LogP contribution in [0.4, 0.5) is 11.4 Å². The summed E-state index contributed by atoms with van der Waals surface area (Å²) in [5, 5.41) is 6.25. The van der Waals surface area contributed by atoms with Gasteiger partial charge in [-0.1, -0.05) is 12.1 Å². The molecule has 0 aliphatic rings. The van der Waals surface area contributed by atoms with Gasteiger partial charge in [0, 0.05) is 5.69 Å². The summed E-state index contributed by atoms with van der Waals surface area (Å²) in [5.41, 5.74) is 1.56. The van der Waals surface area contributed by atoms with Crippen LogP contribution in [0.1, 0.15) is 34.6 Å². The van der Waals surface area contributed by atoms with Crippen LogP contribution in [-0.2, 0) is 9.47 Å². The highest BCUT2D eigenvalue weighted by Crippen LogP contribution is 2.24. The molecule has 0 saturated carbocycles. The maximum atomic E-state index is 12.1. The number of anilines is 2. The van der Waals surface area contributed by atoms with Crippen molar-refractivity contribution in [1.82, 2.24) is 0 Å². The van der Waals surface area contributed by atoms with Crippen LogP contribution in [0.25, 0.3) is 0 Å². The highest BCUT2D eigenvalue weighted by Gasteiger charge is 2.15. The van der Waals surface area contributed by atoms with Gasteiger partial charge >= 0.3 is 11.9 Å². The van der Waals surface area contributed by atoms with E-state index in [1.54, 1.807) is 39.2 Å². The Morgan fingerprint density at radius 1 is 0.929 bits per heavy atom. The van der Waals surface area contributed by atoms with Gasteiger partial charge in [0.15, 0.2) is 5.11 Å². The number of para-hydroxylation sites is 2. The van der Waals surface area contributed by atoms with Crippen molar-refractivity contribution >= 4 is 40.6 Å². The molecule has 0 amide bonds. The summed E-state index contributed by atoms with van der Waals surface area (Å²) >= 11 is 5.34. The molecule has 2 aromatic rings. The standard InChI is InChI=1S/C20H22N2O5S/c1-4-26-18(23)13-10-14(19(24)27-5-2)12-15(11-13)21-20(28)22-16-8-6-7-9-17(16)25-3/h6-12H,4-5H2,1-3H3,(H2,21,22,28). The summed E-state index contributed by atoms with van der Waals surface area (Å²) in [7, 11) is 1.56. The smallest absolute Gasteiger partial charge is 0.338 e. The van der Waals surface area contributed by atoms with Crippen LogP contribution < -0.4 is 15.4 Å². The van der Waals surface area contributed by atoms with E-state index in [0.29, 0.717) is 17.1 Å². The fraction of sp³-hybridized carbons (Fsp3) is 0.250. The lowest BCUT2D eigenvalue weighted by molar-refractivity contribution is 0.0525. The third-order valence-corrected chi connectivity index (χ3v) is 3.77. The second kappa shape index (κ2) is 10.3. The Bertz CT molecular complexity index is 833. The lowest BCUT2D eigenvalue weighted by Crippen LogP contribution is -2.20. The molecule has 8 heteroatoms. The third kappa shape index (κ3) is 5.68. The van der Waals surface area contributed by atoms with Crippen LogP contribution in [0.5, 0.6) is 5.75 Å². The van der Waals surface area contributed by atoms with E-state index in [0.717, 1.165) is 0 Å². The molecule has 0 saturated heterocycles. The molecule has 0 radical (unpaired) electrons. The topological polar surface area (TPSA) is 85.9 Å². The van der Waals surface area contributed by atoms with Crippen molar-refractivity contribution in [3.05, 3.63) is 53.6 Å². The van der Waals surface area contributed by atoms with Gasteiger partial charge in [0.2, 0.25) is 0 Å². The summed E-state index contributed by atoms with van der Waals surface area (Å²) in [6, 6.07) is 11.8. The molecule has 0 atom stereocenters. The minimum atomic E-state index is -0.541. The molecule has 0 unspecified atom stereocenters. The first-order chi connectivity index (χ1) is 13.5. The number of carbonyl (C=O) groups is 2. The average molecular weight is 402 g/mol. The minimum absolute atomic E-state index is 0.218. The van der Waals surface area contributed by atoms with Gasteiger partial charge in [0.05, 0.1) is 37.1 Å². The number of esters is 2. The molecular weight excluding hydrogens is 380 g/mol. The second-order valence-corrected chi connectivity index (χ2v) is 5.93. The van der Waals surface area contributed by atoms with E-state index in [-0.39, 0.29) is 29.5 Å². The van der Waals surface area contributed by atoms with Gasteiger partial charge in [-0.25, -0.2) is 9.59 Å². The number of hydrogen-bond acceptors (Lipinski definition) is 6. The van der Waals surface area contributed by atoms with Gasteiger partial charge in [0.25, 0.3) is 0 Å². The summed E-state index contributed by atoms with van der Waals surface area (Å²) in [6.45, 7) is 3.86. The van der Waals surface area contributed by atoms with Crippen molar-refractivity contribution in [3.8, 4) is 5.75 Å². The first kappa shape index (κ1) is 21.2. The summed E-state index contributed by atoms with van der Waals surface area (Å²) in [4.78, 5) is 24.2. The van der Waals surface area contributed by atoms with Crippen LogP contribution in [0.15, 0.2) is 42.5 Å². The zero-order valence-electron chi connectivity index (χ0n) is 15.9. The molecule has 2 N–H and O–H groups in total. The molecule has 0 heterocycles. The molecule has 0 bridgehead atoms. The number of hydrogen-bond donors (Lipinski definition) is 2. The molecule has 28 heavy (non-hydrogen) atoms. The van der Waals surface area contributed by atoms with Gasteiger partial charge in [0.1, 0.15) is 5.75 Å². The first-order valence-corrected chi connectivity index (χ1v) is 9.09. The fourth-order valence-electron chi connectivity index (χ4n) is 2.40. The van der Waals surface area contributed by atoms with Gasteiger partial charge in [-0.3, -0.25) is 0 Å². The largest absolute Gasteiger partial charge is 0.495 e. The lowest BCUT2D eigenvalue weighted by atomic mass is 10.1. The van der Waals surface area contributed by atoms with E-state index < -0.39 is 11.9 Å². The van der Waals surface area contributed by atoms with Crippen LogP contribution in [0.2, 0.25) is 0 Å². The number of methoxy groups -OCH3 is 1. The normalized spacial score (nSPS) is 9.96.